The molecule has 0 aliphatic rings. The number of ether oxygens (including phenoxy) is 1. The number of rotatable bonds is 8. The summed E-state index contributed by atoms with van der Waals surface area (Å²) >= 11 is 0. The highest BCUT2D eigenvalue weighted by molar-refractivity contribution is 5.78. The number of benzene rings is 1. The topological polar surface area (TPSA) is 50.4 Å². The molecule has 4 nitrogen and oxygen atoms in total. The summed E-state index contributed by atoms with van der Waals surface area (Å²) < 4.78 is 4.92. The van der Waals surface area contributed by atoms with Crippen molar-refractivity contribution in [2.45, 2.75) is 20.3 Å². The van der Waals surface area contributed by atoms with E-state index >= 15 is 0 Å². The van der Waals surface area contributed by atoms with E-state index in [1.807, 2.05) is 6.07 Å². The first-order chi connectivity index (χ1) is 9.13. The normalized spacial score (nSPS) is 10.5. The monoisotopic (exact) mass is 264 g/mol. The Hall–Kier alpha value is -1.39. The van der Waals surface area contributed by atoms with Crippen LogP contribution in [0.5, 0.6) is 0 Å². The fourth-order valence-electron chi connectivity index (χ4n) is 1.75. The summed E-state index contributed by atoms with van der Waals surface area (Å²) in [7, 11) is 1.67. The minimum atomic E-state index is 0.0665. The molecule has 1 amide bonds. The Morgan fingerprint density at radius 2 is 1.95 bits per heavy atom. The van der Waals surface area contributed by atoms with Gasteiger partial charge >= 0.3 is 0 Å². The summed E-state index contributed by atoms with van der Waals surface area (Å²) in [6.45, 7) is 7.05. The summed E-state index contributed by atoms with van der Waals surface area (Å²) in [5.41, 5.74) is 3.55. The van der Waals surface area contributed by atoms with E-state index in [4.69, 9.17) is 4.74 Å². The summed E-state index contributed by atoms with van der Waals surface area (Å²) in [6, 6.07) is 6.15. The Morgan fingerprint density at radius 1 is 1.16 bits per heavy atom. The van der Waals surface area contributed by atoms with Crippen molar-refractivity contribution in [3.8, 4) is 0 Å². The average Bonchev–Trinajstić information content (AvgIpc) is 2.38. The van der Waals surface area contributed by atoms with Gasteiger partial charge in [-0.2, -0.15) is 0 Å². The molecule has 19 heavy (non-hydrogen) atoms. The highest BCUT2D eigenvalue weighted by atomic mass is 16.5. The molecule has 0 radical (unpaired) electrons. The quantitative estimate of drug-likeness (QED) is 0.694. The van der Waals surface area contributed by atoms with Crippen LogP contribution in [0.25, 0.3) is 0 Å². The Labute approximate surface area is 115 Å². The summed E-state index contributed by atoms with van der Waals surface area (Å²) in [5.74, 6) is 0.0665. The van der Waals surface area contributed by atoms with Gasteiger partial charge in [0.15, 0.2) is 0 Å². The lowest BCUT2D eigenvalue weighted by Gasteiger charge is -2.08. The van der Waals surface area contributed by atoms with Crippen molar-refractivity contribution in [2.24, 2.45) is 0 Å². The third-order valence-electron chi connectivity index (χ3n) is 3.04. The lowest BCUT2D eigenvalue weighted by atomic mass is 10.0. The SMILES string of the molecule is COCCNCCNC(=O)Cc1ccc(C)c(C)c1. The molecule has 4 heteroatoms. The van der Waals surface area contributed by atoms with Crippen molar-refractivity contribution in [3.05, 3.63) is 34.9 Å². The highest BCUT2D eigenvalue weighted by Gasteiger charge is 2.03. The van der Waals surface area contributed by atoms with Crippen LogP contribution in [0.4, 0.5) is 0 Å². The van der Waals surface area contributed by atoms with Crippen LogP contribution >= 0.6 is 0 Å². The number of carbonyl (C=O) groups excluding carboxylic acids is 1. The van der Waals surface area contributed by atoms with Crippen LogP contribution in [-0.2, 0) is 16.0 Å². The molecule has 2 N–H and O–H groups in total. The third kappa shape index (κ3) is 6.36. The van der Waals surface area contributed by atoms with Gasteiger partial charge in [0.25, 0.3) is 0 Å². The van der Waals surface area contributed by atoms with Crippen LogP contribution in [-0.4, -0.2) is 39.3 Å². The Morgan fingerprint density at radius 3 is 2.63 bits per heavy atom. The van der Waals surface area contributed by atoms with Crippen molar-refractivity contribution in [3.63, 3.8) is 0 Å². The smallest absolute Gasteiger partial charge is 0.224 e. The summed E-state index contributed by atoms with van der Waals surface area (Å²) in [5, 5.41) is 6.08. The molecular formula is C15H24N2O2. The molecule has 0 saturated heterocycles. The second kappa shape index (κ2) is 8.67. The van der Waals surface area contributed by atoms with E-state index in [-0.39, 0.29) is 5.91 Å². The van der Waals surface area contributed by atoms with E-state index in [1.165, 1.54) is 11.1 Å². The highest BCUT2D eigenvalue weighted by Crippen LogP contribution is 2.10. The molecule has 0 unspecified atom stereocenters. The second-order valence-electron chi connectivity index (χ2n) is 4.69. The lowest BCUT2D eigenvalue weighted by molar-refractivity contribution is -0.120. The average molecular weight is 264 g/mol. The van der Waals surface area contributed by atoms with Gasteiger partial charge in [0.1, 0.15) is 0 Å². The van der Waals surface area contributed by atoms with Crippen molar-refractivity contribution in [1.29, 1.82) is 0 Å². The maximum Gasteiger partial charge on any atom is 0.224 e. The molecule has 0 atom stereocenters. The van der Waals surface area contributed by atoms with Gasteiger partial charge in [-0.15, -0.1) is 0 Å². The van der Waals surface area contributed by atoms with E-state index < -0.39 is 0 Å². The van der Waals surface area contributed by atoms with Gasteiger partial charge in [-0.3, -0.25) is 4.79 Å². The Balaban J connectivity index is 2.21. The molecule has 0 fully saturated rings. The predicted molar refractivity (Wildman–Crippen MR) is 77.4 cm³/mol. The summed E-state index contributed by atoms with van der Waals surface area (Å²) in [4.78, 5) is 11.7. The zero-order chi connectivity index (χ0) is 14.1. The fraction of sp³-hybridized carbons (Fsp3) is 0.533. The van der Waals surface area contributed by atoms with Gasteiger partial charge < -0.3 is 15.4 Å². The number of carbonyl (C=O) groups is 1. The standard InChI is InChI=1S/C15H24N2O2/c1-12-4-5-14(10-13(12)2)11-15(18)17-7-6-16-8-9-19-3/h4-5,10,16H,6-9,11H2,1-3H3,(H,17,18). The van der Waals surface area contributed by atoms with Crippen molar-refractivity contribution in [1.82, 2.24) is 10.6 Å². The second-order valence-corrected chi connectivity index (χ2v) is 4.69. The molecular weight excluding hydrogens is 240 g/mol. The zero-order valence-corrected chi connectivity index (χ0v) is 12.1. The molecule has 0 saturated carbocycles. The molecule has 1 aromatic rings. The van der Waals surface area contributed by atoms with E-state index in [2.05, 4.69) is 36.6 Å². The van der Waals surface area contributed by atoms with Crippen LogP contribution in [0.1, 0.15) is 16.7 Å². The van der Waals surface area contributed by atoms with Gasteiger partial charge in [0, 0.05) is 26.7 Å². The third-order valence-corrected chi connectivity index (χ3v) is 3.04. The first-order valence-corrected chi connectivity index (χ1v) is 6.66. The number of methoxy groups -OCH3 is 1. The van der Waals surface area contributed by atoms with Crippen molar-refractivity contribution >= 4 is 5.91 Å². The van der Waals surface area contributed by atoms with Gasteiger partial charge in [0.05, 0.1) is 13.0 Å². The van der Waals surface area contributed by atoms with Gasteiger partial charge in [-0.1, -0.05) is 18.2 Å². The number of nitrogens with one attached hydrogen (secondary N) is 2. The van der Waals surface area contributed by atoms with Crippen LogP contribution in [0.15, 0.2) is 18.2 Å². The molecule has 0 aliphatic carbocycles. The molecule has 0 heterocycles. The number of amides is 1. The van der Waals surface area contributed by atoms with E-state index in [1.54, 1.807) is 7.11 Å². The molecule has 0 spiro atoms. The van der Waals surface area contributed by atoms with Gasteiger partial charge in [0.2, 0.25) is 5.91 Å². The fourth-order valence-corrected chi connectivity index (χ4v) is 1.75. The largest absolute Gasteiger partial charge is 0.383 e. The molecule has 1 aromatic carbocycles. The van der Waals surface area contributed by atoms with Crippen molar-refractivity contribution < 1.29 is 9.53 Å². The number of hydrogen-bond donors (Lipinski definition) is 2. The molecule has 0 aromatic heterocycles. The summed E-state index contributed by atoms with van der Waals surface area (Å²) in [6.07, 6.45) is 0.444. The Kier molecular flexibility index (Phi) is 7.15. The molecule has 0 aliphatic heterocycles. The molecule has 1 rings (SSSR count). The first kappa shape index (κ1) is 15.7. The van der Waals surface area contributed by atoms with Crippen LogP contribution < -0.4 is 10.6 Å². The van der Waals surface area contributed by atoms with Crippen LogP contribution in [0, 0.1) is 13.8 Å². The Bertz CT molecular complexity index is 405. The van der Waals surface area contributed by atoms with Crippen LogP contribution in [0.2, 0.25) is 0 Å². The molecule has 0 bridgehead atoms. The van der Waals surface area contributed by atoms with Gasteiger partial charge in [-0.25, -0.2) is 0 Å². The number of aryl methyl sites for hydroxylation is 2. The number of hydrogen-bond acceptors (Lipinski definition) is 3. The zero-order valence-electron chi connectivity index (χ0n) is 12.1. The van der Waals surface area contributed by atoms with Crippen LogP contribution in [0.3, 0.4) is 0 Å². The van der Waals surface area contributed by atoms with Crippen molar-refractivity contribution in [2.75, 3.05) is 33.4 Å². The van der Waals surface area contributed by atoms with E-state index in [0.29, 0.717) is 19.6 Å². The maximum absolute atomic E-state index is 11.7. The minimum absolute atomic E-state index is 0.0665. The predicted octanol–water partition coefficient (Wildman–Crippen LogP) is 1.20. The first-order valence-electron chi connectivity index (χ1n) is 6.66. The van der Waals surface area contributed by atoms with E-state index in [0.717, 1.165) is 18.7 Å². The lowest BCUT2D eigenvalue weighted by Crippen LogP contribution is -2.33. The van der Waals surface area contributed by atoms with Gasteiger partial charge in [-0.05, 0) is 30.5 Å². The minimum Gasteiger partial charge on any atom is -0.383 e. The maximum atomic E-state index is 11.7. The van der Waals surface area contributed by atoms with E-state index in [9.17, 15) is 4.79 Å². The molecule has 106 valence electrons.